The van der Waals surface area contributed by atoms with Crippen LogP contribution < -0.4 is 0 Å². The highest BCUT2D eigenvalue weighted by Gasteiger charge is 2.25. The Labute approximate surface area is 165 Å². The van der Waals surface area contributed by atoms with Crippen molar-refractivity contribution in [2.45, 2.75) is 6.92 Å². The monoisotopic (exact) mass is 397 g/mol. The van der Waals surface area contributed by atoms with Gasteiger partial charge in [0.25, 0.3) is 0 Å². The molecule has 2 heterocycles. The molecule has 0 saturated carbocycles. The lowest BCUT2D eigenvalue weighted by atomic mass is 10.1. The third kappa shape index (κ3) is 3.54. The fourth-order valence-electron chi connectivity index (χ4n) is 2.74. The lowest BCUT2D eigenvalue weighted by Crippen LogP contribution is -2.06. The van der Waals surface area contributed by atoms with Crippen LogP contribution in [0.5, 0.6) is 0 Å². The zero-order valence-corrected chi connectivity index (χ0v) is 15.7. The van der Waals surface area contributed by atoms with Crippen molar-refractivity contribution in [3.8, 4) is 11.3 Å². The molecule has 1 aromatic heterocycles. The highest BCUT2D eigenvalue weighted by molar-refractivity contribution is 6.36. The molecule has 0 aliphatic carbocycles. The number of nitrogens with zero attached hydrogens (tertiary/aromatic N) is 1. The van der Waals surface area contributed by atoms with Crippen LogP contribution in [0.25, 0.3) is 17.4 Å². The second-order valence-electron chi connectivity index (χ2n) is 5.98. The Morgan fingerprint density at radius 1 is 1.00 bits per heavy atom. The van der Waals surface area contributed by atoms with Crippen LogP contribution in [0.15, 0.2) is 69.7 Å². The summed E-state index contributed by atoms with van der Waals surface area (Å²) in [7, 11) is 0. The predicted molar refractivity (Wildman–Crippen MR) is 106 cm³/mol. The van der Waals surface area contributed by atoms with Gasteiger partial charge in [-0.2, -0.15) is 0 Å². The summed E-state index contributed by atoms with van der Waals surface area (Å²) in [5.41, 5.74) is 2.64. The number of cyclic esters (lactones) is 1. The Balaban J connectivity index is 1.65. The lowest BCUT2D eigenvalue weighted by molar-refractivity contribution is -0.129. The van der Waals surface area contributed by atoms with Gasteiger partial charge in [0.2, 0.25) is 5.90 Å². The molecule has 0 spiro atoms. The minimum Gasteiger partial charge on any atom is -0.457 e. The van der Waals surface area contributed by atoms with Crippen LogP contribution >= 0.6 is 23.2 Å². The third-order valence-electron chi connectivity index (χ3n) is 4.10. The van der Waals surface area contributed by atoms with E-state index >= 15 is 0 Å². The van der Waals surface area contributed by atoms with Crippen LogP contribution in [0.4, 0.5) is 0 Å². The molecule has 27 heavy (non-hydrogen) atoms. The molecule has 2 aromatic carbocycles. The van der Waals surface area contributed by atoms with Crippen molar-refractivity contribution < 1.29 is 13.9 Å². The number of aryl methyl sites for hydroxylation is 1. The van der Waals surface area contributed by atoms with Gasteiger partial charge < -0.3 is 9.15 Å². The first-order valence-corrected chi connectivity index (χ1v) is 8.91. The number of hydrogen-bond acceptors (Lipinski definition) is 4. The van der Waals surface area contributed by atoms with Crippen LogP contribution in [0.3, 0.4) is 0 Å². The molecular weight excluding hydrogens is 385 g/mol. The smallest absolute Gasteiger partial charge is 0.363 e. The topological polar surface area (TPSA) is 51.8 Å². The average Bonchev–Trinajstić information content (AvgIpc) is 3.23. The predicted octanol–water partition coefficient (Wildman–Crippen LogP) is 5.91. The van der Waals surface area contributed by atoms with E-state index < -0.39 is 5.97 Å². The molecule has 0 atom stereocenters. The van der Waals surface area contributed by atoms with Crippen molar-refractivity contribution in [3.63, 3.8) is 0 Å². The Morgan fingerprint density at radius 3 is 2.59 bits per heavy atom. The van der Waals surface area contributed by atoms with Crippen molar-refractivity contribution in [1.29, 1.82) is 0 Å². The SMILES string of the molecule is Cc1ccccc1C1=N/C(=C\c2ccc(-c3ccc(Cl)cc3Cl)o2)C(=O)O1. The number of halogens is 2. The Kier molecular flexibility index (Phi) is 4.60. The van der Waals surface area contributed by atoms with Gasteiger partial charge >= 0.3 is 5.97 Å². The molecule has 0 radical (unpaired) electrons. The summed E-state index contributed by atoms with van der Waals surface area (Å²) in [4.78, 5) is 16.5. The van der Waals surface area contributed by atoms with Gasteiger partial charge in [-0.25, -0.2) is 9.79 Å². The number of furan rings is 1. The molecule has 0 N–H and O–H groups in total. The third-order valence-corrected chi connectivity index (χ3v) is 4.65. The summed E-state index contributed by atoms with van der Waals surface area (Å²) in [6.07, 6.45) is 1.54. The zero-order valence-electron chi connectivity index (χ0n) is 14.2. The van der Waals surface area contributed by atoms with E-state index in [2.05, 4.69) is 4.99 Å². The van der Waals surface area contributed by atoms with Crippen molar-refractivity contribution >= 4 is 41.1 Å². The molecule has 0 unspecified atom stereocenters. The van der Waals surface area contributed by atoms with Gasteiger partial charge in [0, 0.05) is 22.2 Å². The maximum absolute atomic E-state index is 12.2. The van der Waals surface area contributed by atoms with E-state index in [1.54, 1.807) is 36.4 Å². The highest BCUT2D eigenvalue weighted by Crippen LogP contribution is 2.32. The fraction of sp³-hybridized carbons (Fsp3) is 0.0476. The molecule has 1 aliphatic rings. The van der Waals surface area contributed by atoms with Crippen LogP contribution in [0.1, 0.15) is 16.9 Å². The number of esters is 1. The Morgan fingerprint density at radius 2 is 1.81 bits per heavy atom. The largest absolute Gasteiger partial charge is 0.457 e. The van der Waals surface area contributed by atoms with Crippen molar-refractivity contribution in [1.82, 2.24) is 0 Å². The standard InChI is InChI=1S/C21H13Cl2NO3/c1-12-4-2-3-5-15(12)20-24-18(21(25)27-20)11-14-7-9-19(26-14)16-8-6-13(22)10-17(16)23/h2-11H,1H3/b18-11-. The van der Waals surface area contributed by atoms with Crippen LogP contribution in [-0.2, 0) is 9.53 Å². The molecule has 0 saturated heterocycles. The summed E-state index contributed by atoms with van der Waals surface area (Å²) in [6, 6.07) is 16.2. The zero-order chi connectivity index (χ0) is 19.0. The van der Waals surface area contributed by atoms with Gasteiger partial charge in [-0.05, 0) is 48.9 Å². The summed E-state index contributed by atoms with van der Waals surface area (Å²) in [5.74, 6) is 0.809. The van der Waals surface area contributed by atoms with Gasteiger partial charge in [-0.1, -0.05) is 41.4 Å². The number of hydrogen-bond donors (Lipinski definition) is 0. The van der Waals surface area contributed by atoms with Crippen molar-refractivity contribution in [2.24, 2.45) is 4.99 Å². The van der Waals surface area contributed by atoms with Gasteiger partial charge in [0.15, 0.2) is 5.70 Å². The number of ether oxygens (including phenoxy) is 1. The van der Waals surface area contributed by atoms with Crippen LogP contribution in [0, 0.1) is 6.92 Å². The summed E-state index contributed by atoms with van der Waals surface area (Å²) in [5, 5.41) is 1.03. The Bertz CT molecular complexity index is 1110. The molecule has 0 amide bonds. The maximum atomic E-state index is 12.2. The van der Waals surface area contributed by atoms with Crippen molar-refractivity contribution in [3.05, 3.63) is 87.2 Å². The summed E-state index contributed by atoms with van der Waals surface area (Å²) >= 11 is 12.1. The van der Waals surface area contributed by atoms with E-state index in [1.807, 2.05) is 31.2 Å². The minimum absolute atomic E-state index is 0.177. The number of aliphatic imine (C=N–C) groups is 1. The number of carbonyl (C=O) groups is 1. The molecule has 0 bridgehead atoms. The van der Waals surface area contributed by atoms with E-state index in [1.165, 1.54) is 0 Å². The van der Waals surface area contributed by atoms with Crippen LogP contribution in [-0.4, -0.2) is 11.9 Å². The van der Waals surface area contributed by atoms with E-state index in [0.717, 1.165) is 11.1 Å². The first-order valence-electron chi connectivity index (χ1n) is 8.15. The van der Waals surface area contributed by atoms with Crippen molar-refractivity contribution in [2.75, 3.05) is 0 Å². The second-order valence-corrected chi connectivity index (χ2v) is 6.82. The van der Waals surface area contributed by atoms with Gasteiger partial charge in [0.05, 0.1) is 5.02 Å². The maximum Gasteiger partial charge on any atom is 0.363 e. The van der Waals surface area contributed by atoms with E-state index in [4.69, 9.17) is 32.4 Å². The van der Waals surface area contributed by atoms with Gasteiger partial charge in [0.1, 0.15) is 11.5 Å². The fourth-order valence-corrected chi connectivity index (χ4v) is 3.24. The van der Waals surface area contributed by atoms with E-state index in [9.17, 15) is 4.79 Å². The first-order chi connectivity index (χ1) is 13.0. The highest BCUT2D eigenvalue weighted by atomic mass is 35.5. The quantitative estimate of drug-likeness (QED) is 0.407. The molecule has 1 aliphatic heterocycles. The molecule has 4 nitrogen and oxygen atoms in total. The van der Waals surface area contributed by atoms with Crippen LogP contribution in [0.2, 0.25) is 10.0 Å². The molecular formula is C21H13Cl2NO3. The molecule has 3 aromatic rings. The van der Waals surface area contributed by atoms with E-state index in [-0.39, 0.29) is 11.6 Å². The Hall–Kier alpha value is -2.82. The lowest BCUT2D eigenvalue weighted by Gasteiger charge is -2.02. The van der Waals surface area contributed by atoms with Gasteiger partial charge in [-0.15, -0.1) is 0 Å². The average molecular weight is 398 g/mol. The normalized spacial score (nSPS) is 15.1. The van der Waals surface area contributed by atoms with Gasteiger partial charge in [-0.3, -0.25) is 0 Å². The molecule has 4 rings (SSSR count). The number of benzene rings is 2. The number of carbonyl (C=O) groups excluding carboxylic acids is 1. The minimum atomic E-state index is -0.518. The summed E-state index contributed by atoms with van der Waals surface area (Å²) < 4.78 is 11.1. The second kappa shape index (κ2) is 7.06. The molecule has 134 valence electrons. The van der Waals surface area contributed by atoms with E-state index in [0.29, 0.717) is 27.1 Å². The first kappa shape index (κ1) is 17.6. The molecule has 6 heteroatoms. The molecule has 0 fully saturated rings. The summed E-state index contributed by atoms with van der Waals surface area (Å²) in [6.45, 7) is 1.93. The number of rotatable bonds is 3.